The summed E-state index contributed by atoms with van der Waals surface area (Å²) in [4.78, 5) is 2.69. The lowest BCUT2D eigenvalue weighted by atomic mass is 9.68. The minimum absolute atomic E-state index is 0.639. The van der Waals surface area contributed by atoms with Gasteiger partial charge in [-0.1, -0.05) is 11.6 Å². The maximum Gasteiger partial charge on any atom is 0.0432 e. The molecule has 3 aliphatic heterocycles. The molecule has 4 rings (SSSR count). The molecule has 1 N–H and O–H groups in total. The summed E-state index contributed by atoms with van der Waals surface area (Å²) >= 11 is 0. The summed E-state index contributed by atoms with van der Waals surface area (Å²) in [6.45, 7) is 3.89. The molecule has 76 valence electrons. The van der Waals surface area contributed by atoms with Crippen LogP contribution in [0.1, 0.15) is 25.7 Å². The van der Waals surface area contributed by atoms with Crippen molar-refractivity contribution >= 4 is 0 Å². The van der Waals surface area contributed by atoms with Gasteiger partial charge in [-0.25, -0.2) is 0 Å². The average molecular weight is 190 g/mol. The Morgan fingerprint density at radius 3 is 3.50 bits per heavy atom. The number of rotatable bonds is 0. The van der Waals surface area contributed by atoms with E-state index < -0.39 is 0 Å². The van der Waals surface area contributed by atoms with Crippen LogP contribution in [0.15, 0.2) is 11.6 Å². The molecule has 0 amide bonds. The lowest BCUT2D eigenvalue weighted by molar-refractivity contribution is 0.168. The van der Waals surface area contributed by atoms with Crippen molar-refractivity contribution in [2.75, 3.05) is 19.6 Å². The van der Waals surface area contributed by atoms with Crippen molar-refractivity contribution in [3.8, 4) is 0 Å². The highest BCUT2D eigenvalue weighted by molar-refractivity contribution is 5.33. The monoisotopic (exact) mass is 190 g/mol. The first-order valence-corrected chi connectivity index (χ1v) is 6.07. The van der Waals surface area contributed by atoms with E-state index in [4.69, 9.17) is 0 Å². The molecule has 2 heteroatoms. The van der Waals surface area contributed by atoms with Gasteiger partial charge in [-0.3, -0.25) is 4.90 Å². The Bertz CT molecular complexity index is 307. The number of hydrogen-bond acceptors (Lipinski definition) is 2. The maximum absolute atomic E-state index is 3.73. The van der Waals surface area contributed by atoms with Gasteiger partial charge in [0.2, 0.25) is 0 Å². The molecular formula is C12H18N2. The molecule has 0 bridgehead atoms. The third-order valence-corrected chi connectivity index (χ3v) is 4.89. The fourth-order valence-electron chi connectivity index (χ4n) is 4.21. The summed E-state index contributed by atoms with van der Waals surface area (Å²) in [5, 5.41) is 3.73. The highest BCUT2D eigenvalue weighted by Gasteiger charge is 2.62. The Labute approximate surface area is 85.4 Å². The van der Waals surface area contributed by atoms with Gasteiger partial charge in [0.15, 0.2) is 0 Å². The number of piperidine rings is 1. The molecule has 2 nitrogen and oxygen atoms in total. The van der Waals surface area contributed by atoms with Crippen molar-refractivity contribution < 1.29 is 0 Å². The van der Waals surface area contributed by atoms with Crippen molar-refractivity contribution in [2.24, 2.45) is 5.92 Å². The smallest absolute Gasteiger partial charge is 0.0432 e. The molecule has 1 spiro atoms. The molecule has 1 saturated carbocycles. The van der Waals surface area contributed by atoms with E-state index in [0.29, 0.717) is 5.54 Å². The molecule has 14 heavy (non-hydrogen) atoms. The highest BCUT2D eigenvalue weighted by Crippen LogP contribution is 2.54. The molecule has 0 radical (unpaired) electrons. The highest BCUT2D eigenvalue weighted by atomic mass is 15.4. The van der Waals surface area contributed by atoms with Crippen molar-refractivity contribution in [1.82, 2.24) is 10.2 Å². The fourth-order valence-corrected chi connectivity index (χ4v) is 4.21. The Morgan fingerprint density at radius 1 is 1.50 bits per heavy atom. The van der Waals surface area contributed by atoms with Crippen molar-refractivity contribution in [1.29, 1.82) is 0 Å². The standard InChI is InChI=1S/C12H18N2/c1-2-9-4-7-14-8-12(14)5-6-13-10(3-1)11(9)12/h4,10-11,13H,1-3,5-8H2/t10-,11+,12-,14?/m1/s1. The van der Waals surface area contributed by atoms with Gasteiger partial charge >= 0.3 is 0 Å². The largest absolute Gasteiger partial charge is 0.313 e. The van der Waals surface area contributed by atoms with E-state index in [1.165, 1.54) is 45.3 Å². The summed E-state index contributed by atoms with van der Waals surface area (Å²) in [6.07, 6.45) is 8.13. The SMILES string of the molecule is C1=C2CCC[C@H]3NCC[C@@]4(CN4C1)[C@@H]23. The quantitative estimate of drug-likeness (QED) is 0.455. The van der Waals surface area contributed by atoms with E-state index in [-0.39, 0.29) is 0 Å². The van der Waals surface area contributed by atoms with Gasteiger partial charge in [0.05, 0.1) is 0 Å². The minimum Gasteiger partial charge on any atom is -0.313 e. The second-order valence-electron chi connectivity index (χ2n) is 5.44. The summed E-state index contributed by atoms with van der Waals surface area (Å²) < 4.78 is 0. The van der Waals surface area contributed by atoms with Gasteiger partial charge < -0.3 is 5.32 Å². The summed E-state index contributed by atoms with van der Waals surface area (Å²) in [5.41, 5.74) is 2.43. The van der Waals surface area contributed by atoms with Gasteiger partial charge in [0.1, 0.15) is 0 Å². The van der Waals surface area contributed by atoms with Crippen LogP contribution in [0.25, 0.3) is 0 Å². The van der Waals surface area contributed by atoms with Crippen LogP contribution in [0.3, 0.4) is 0 Å². The molecule has 4 atom stereocenters. The second kappa shape index (κ2) is 2.42. The van der Waals surface area contributed by atoms with Gasteiger partial charge in [-0.2, -0.15) is 0 Å². The zero-order valence-corrected chi connectivity index (χ0v) is 8.63. The van der Waals surface area contributed by atoms with E-state index >= 15 is 0 Å². The van der Waals surface area contributed by atoms with Gasteiger partial charge in [-0.05, 0) is 32.2 Å². The van der Waals surface area contributed by atoms with Crippen LogP contribution in [-0.2, 0) is 0 Å². The van der Waals surface area contributed by atoms with Crippen LogP contribution in [0, 0.1) is 5.92 Å². The van der Waals surface area contributed by atoms with Crippen LogP contribution < -0.4 is 5.32 Å². The van der Waals surface area contributed by atoms with Crippen LogP contribution in [0.2, 0.25) is 0 Å². The van der Waals surface area contributed by atoms with E-state index in [9.17, 15) is 0 Å². The maximum atomic E-state index is 3.73. The number of nitrogens with zero attached hydrogens (tertiary/aromatic N) is 1. The Balaban J connectivity index is 1.79. The lowest BCUT2D eigenvalue weighted by Gasteiger charge is -2.46. The molecule has 1 aliphatic carbocycles. The van der Waals surface area contributed by atoms with Crippen molar-refractivity contribution in [3.05, 3.63) is 11.6 Å². The lowest BCUT2D eigenvalue weighted by Crippen LogP contribution is -2.55. The first-order valence-electron chi connectivity index (χ1n) is 6.07. The molecule has 3 fully saturated rings. The van der Waals surface area contributed by atoms with E-state index in [2.05, 4.69) is 16.3 Å². The van der Waals surface area contributed by atoms with Gasteiger partial charge in [0, 0.05) is 30.6 Å². The predicted molar refractivity (Wildman–Crippen MR) is 56.1 cm³/mol. The zero-order chi connectivity index (χ0) is 9.17. The van der Waals surface area contributed by atoms with Crippen molar-refractivity contribution in [2.45, 2.75) is 37.3 Å². The van der Waals surface area contributed by atoms with E-state index in [1.807, 2.05) is 0 Å². The molecule has 0 aromatic rings. The molecule has 4 aliphatic rings. The third kappa shape index (κ3) is 0.801. The van der Waals surface area contributed by atoms with Crippen molar-refractivity contribution in [3.63, 3.8) is 0 Å². The van der Waals surface area contributed by atoms with Gasteiger partial charge in [-0.15, -0.1) is 0 Å². The average Bonchev–Trinajstić information content (AvgIpc) is 2.92. The Morgan fingerprint density at radius 2 is 2.50 bits per heavy atom. The van der Waals surface area contributed by atoms with Crippen LogP contribution in [0.4, 0.5) is 0 Å². The van der Waals surface area contributed by atoms with Crippen LogP contribution >= 0.6 is 0 Å². The minimum atomic E-state index is 0.639. The Hall–Kier alpha value is -0.340. The number of nitrogens with one attached hydrogen (secondary N) is 1. The zero-order valence-electron chi connectivity index (χ0n) is 8.63. The molecule has 0 aromatic heterocycles. The topological polar surface area (TPSA) is 15.0 Å². The summed E-state index contributed by atoms with van der Waals surface area (Å²) in [5.74, 6) is 0.888. The first-order chi connectivity index (χ1) is 6.90. The fraction of sp³-hybridized carbons (Fsp3) is 0.833. The predicted octanol–water partition coefficient (Wildman–Crippen LogP) is 1.14. The molecule has 3 heterocycles. The third-order valence-electron chi connectivity index (χ3n) is 4.89. The number of hydrogen-bond donors (Lipinski definition) is 1. The van der Waals surface area contributed by atoms with Crippen LogP contribution in [0.5, 0.6) is 0 Å². The second-order valence-corrected chi connectivity index (χ2v) is 5.44. The molecular weight excluding hydrogens is 172 g/mol. The Kier molecular flexibility index (Phi) is 1.36. The van der Waals surface area contributed by atoms with E-state index in [0.717, 1.165) is 12.0 Å². The molecule has 0 aromatic carbocycles. The summed E-state index contributed by atoms with van der Waals surface area (Å²) in [7, 11) is 0. The molecule has 2 saturated heterocycles. The molecule has 1 unspecified atom stereocenters. The van der Waals surface area contributed by atoms with Gasteiger partial charge in [0.25, 0.3) is 0 Å². The van der Waals surface area contributed by atoms with Crippen LogP contribution in [-0.4, -0.2) is 36.1 Å². The van der Waals surface area contributed by atoms with E-state index in [1.54, 1.807) is 5.57 Å². The summed E-state index contributed by atoms with van der Waals surface area (Å²) in [6, 6.07) is 0.814. The first kappa shape index (κ1) is 7.89. The normalized spacial score (nSPS) is 54.3.